The second-order valence-corrected chi connectivity index (χ2v) is 10.5. The monoisotopic (exact) mass is 584 g/mol. The summed E-state index contributed by atoms with van der Waals surface area (Å²) in [5.74, 6) is -0.661. The number of nitrogens with one attached hydrogen (secondary N) is 1. The summed E-state index contributed by atoms with van der Waals surface area (Å²) in [6.45, 7) is -0.182. The third kappa shape index (κ3) is 5.51. The van der Waals surface area contributed by atoms with Crippen molar-refractivity contribution in [1.82, 2.24) is 19.4 Å². The third-order valence-electron chi connectivity index (χ3n) is 7.81. The SMILES string of the molecule is COc1c(C(=O)NC2CCN(CC(O)C(F)(F)F)CC2)n(C)c2c1c(=O)n(CC(=O)c1ccccc1)c1ccccc21. The number of Topliss-reactive ketones (excluding diaryl/α,β-unsaturated/α-hetero) is 1. The molecule has 2 aromatic carbocycles. The standard InChI is InChI=1S/C30H31F3N4O5/c1-35-25-20-10-6-7-11-21(20)37(16-22(38)18-8-4-3-5-9-18)29(41)24(25)27(42-2)26(35)28(40)34-19-12-14-36(15-13-19)17-23(39)30(31,32)33/h3-11,19,23,39H,12-17H2,1-2H3,(H,34,40). The van der Waals surface area contributed by atoms with Crippen LogP contribution in [-0.4, -0.2) is 75.9 Å². The zero-order valence-corrected chi connectivity index (χ0v) is 23.1. The molecule has 1 aliphatic rings. The number of piperidine rings is 1. The van der Waals surface area contributed by atoms with E-state index in [0.29, 0.717) is 34.8 Å². The number of rotatable bonds is 8. The van der Waals surface area contributed by atoms with E-state index in [0.717, 1.165) is 0 Å². The zero-order valence-electron chi connectivity index (χ0n) is 23.1. The van der Waals surface area contributed by atoms with Crippen molar-refractivity contribution in [1.29, 1.82) is 0 Å². The fourth-order valence-electron chi connectivity index (χ4n) is 5.66. The van der Waals surface area contributed by atoms with Gasteiger partial charge in [0, 0.05) is 43.7 Å². The number of aryl methyl sites for hydroxylation is 1. The number of β-amino-alcohol motifs (C(OH)–C–C–N with tert-alkyl or cyclic N) is 1. The summed E-state index contributed by atoms with van der Waals surface area (Å²) in [4.78, 5) is 42.2. The maximum Gasteiger partial charge on any atom is 0.415 e. The highest BCUT2D eigenvalue weighted by atomic mass is 19.4. The van der Waals surface area contributed by atoms with Gasteiger partial charge in [0.25, 0.3) is 11.5 Å². The Kier molecular flexibility index (Phi) is 8.11. The number of alkyl halides is 3. The molecular weight excluding hydrogens is 553 g/mol. The minimum Gasteiger partial charge on any atom is -0.493 e. The second-order valence-electron chi connectivity index (χ2n) is 10.5. The summed E-state index contributed by atoms with van der Waals surface area (Å²) in [5, 5.41) is 13.1. The molecule has 0 radical (unpaired) electrons. The van der Waals surface area contributed by atoms with E-state index in [9.17, 15) is 32.7 Å². The minimum atomic E-state index is -4.69. The highest BCUT2D eigenvalue weighted by molar-refractivity contribution is 6.12. The van der Waals surface area contributed by atoms with Crippen LogP contribution in [0.4, 0.5) is 13.2 Å². The molecule has 1 aliphatic heterocycles. The van der Waals surface area contributed by atoms with Crippen molar-refractivity contribution in [2.75, 3.05) is 26.7 Å². The van der Waals surface area contributed by atoms with Crippen LogP contribution in [-0.2, 0) is 13.6 Å². The van der Waals surface area contributed by atoms with E-state index in [1.165, 1.54) is 16.6 Å². The molecule has 42 heavy (non-hydrogen) atoms. The van der Waals surface area contributed by atoms with Gasteiger partial charge in [-0.05, 0) is 18.9 Å². The fraction of sp³-hybridized carbons (Fsp3) is 0.367. The number of aromatic nitrogens is 2. The topological polar surface area (TPSA) is 106 Å². The number of ether oxygens (including phenoxy) is 1. The molecule has 4 aromatic rings. The van der Waals surface area contributed by atoms with Crippen LogP contribution in [0.3, 0.4) is 0 Å². The molecule has 2 aromatic heterocycles. The molecule has 1 atom stereocenters. The van der Waals surface area contributed by atoms with Crippen LogP contribution in [0.1, 0.15) is 33.7 Å². The number of aliphatic hydroxyl groups excluding tert-OH is 1. The lowest BCUT2D eigenvalue weighted by Crippen LogP contribution is -2.48. The van der Waals surface area contributed by atoms with E-state index in [1.807, 2.05) is 6.07 Å². The highest BCUT2D eigenvalue weighted by Crippen LogP contribution is 2.35. The molecule has 9 nitrogen and oxygen atoms in total. The van der Waals surface area contributed by atoms with Crippen molar-refractivity contribution in [2.45, 2.75) is 37.7 Å². The number of pyridine rings is 1. The predicted molar refractivity (Wildman–Crippen MR) is 151 cm³/mol. The molecule has 0 aliphatic carbocycles. The number of fused-ring (bicyclic) bond motifs is 3. The van der Waals surface area contributed by atoms with Crippen LogP contribution < -0.4 is 15.6 Å². The summed E-state index contributed by atoms with van der Waals surface area (Å²) in [5.41, 5.74) is 1.13. The molecule has 1 fully saturated rings. The Labute approximate surface area is 239 Å². The molecule has 0 bridgehead atoms. The van der Waals surface area contributed by atoms with Crippen LogP contribution in [0, 0.1) is 0 Å². The summed E-state index contributed by atoms with van der Waals surface area (Å²) in [7, 11) is 3.02. The van der Waals surface area contributed by atoms with Crippen LogP contribution in [0.25, 0.3) is 21.8 Å². The molecule has 1 saturated heterocycles. The second kappa shape index (κ2) is 11.6. The average molecular weight is 585 g/mol. The number of likely N-dealkylation sites (tertiary alicyclic amines) is 1. The zero-order chi connectivity index (χ0) is 30.2. The maximum atomic E-state index is 13.9. The summed E-state index contributed by atoms with van der Waals surface area (Å²) >= 11 is 0. The van der Waals surface area contributed by atoms with E-state index in [1.54, 1.807) is 60.1 Å². The Morgan fingerprint density at radius 3 is 2.36 bits per heavy atom. The number of para-hydroxylation sites is 1. The highest BCUT2D eigenvalue weighted by Gasteiger charge is 2.39. The number of hydrogen-bond acceptors (Lipinski definition) is 6. The van der Waals surface area contributed by atoms with Crippen molar-refractivity contribution < 1.29 is 32.6 Å². The van der Waals surface area contributed by atoms with Crippen molar-refractivity contribution >= 4 is 33.5 Å². The molecule has 12 heteroatoms. The lowest BCUT2D eigenvalue weighted by Gasteiger charge is -2.33. The Hall–Kier alpha value is -4.16. The van der Waals surface area contributed by atoms with Gasteiger partial charge in [0.2, 0.25) is 0 Å². The Morgan fingerprint density at radius 1 is 1.07 bits per heavy atom. The molecule has 3 heterocycles. The molecule has 1 unspecified atom stereocenters. The molecule has 2 N–H and O–H groups in total. The number of ketones is 1. The van der Waals surface area contributed by atoms with E-state index in [-0.39, 0.29) is 48.3 Å². The first-order chi connectivity index (χ1) is 20.0. The van der Waals surface area contributed by atoms with E-state index in [4.69, 9.17) is 4.74 Å². The molecule has 0 saturated carbocycles. The van der Waals surface area contributed by atoms with Gasteiger partial charge in [-0.25, -0.2) is 0 Å². The number of methoxy groups -OCH3 is 1. The van der Waals surface area contributed by atoms with Crippen molar-refractivity contribution in [3.8, 4) is 5.75 Å². The predicted octanol–water partition coefficient (Wildman–Crippen LogP) is 3.50. The van der Waals surface area contributed by atoms with Crippen molar-refractivity contribution in [3.05, 3.63) is 76.2 Å². The van der Waals surface area contributed by atoms with Crippen LogP contribution in [0.5, 0.6) is 5.75 Å². The lowest BCUT2D eigenvalue weighted by atomic mass is 10.0. The van der Waals surface area contributed by atoms with Gasteiger partial charge in [-0.2, -0.15) is 13.2 Å². The summed E-state index contributed by atoms with van der Waals surface area (Å²) < 4.78 is 46.8. The number of hydrogen-bond donors (Lipinski definition) is 2. The van der Waals surface area contributed by atoms with Gasteiger partial charge in [0.05, 0.1) is 24.7 Å². The van der Waals surface area contributed by atoms with Crippen LogP contribution in [0.15, 0.2) is 59.4 Å². The molecule has 0 spiro atoms. The smallest absolute Gasteiger partial charge is 0.415 e. The van der Waals surface area contributed by atoms with Gasteiger partial charge in [-0.3, -0.25) is 19.0 Å². The molecule has 222 valence electrons. The summed E-state index contributed by atoms with van der Waals surface area (Å²) in [6, 6.07) is 15.5. The van der Waals surface area contributed by atoms with Gasteiger partial charge in [-0.15, -0.1) is 0 Å². The van der Waals surface area contributed by atoms with E-state index >= 15 is 0 Å². The Balaban J connectivity index is 1.47. The number of amides is 1. The van der Waals surface area contributed by atoms with E-state index in [2.05, 4.69) is 5.32 Å². The van der Waals surface area contributed by atoms with E-state index < -0.39 is 30.3 Å². The normalized spacial score (nSPS) is 15.7. The molecular formula is C30H31F3N4O5. The van der Waals surface area contributed by atoms with Crippen molar-refractivity contribution in [3.63, 3.8) is 0 Å². The lowest BCUT2D eigenvalue weighted by molar-refractivity contribution is -0.208. The average Bonchev–Trinajstić information content (AvgIpc) is 3.28. The minimum absolute atomic E-state index is 0.0763. The first kappa shape index (κ1) is 29.3. The first-order valence-corrected chi connectivity index (χ1v) is 13.6. The number of nitrogens with zero attached hydrogens (tertiary/aromatic N) is 3. The number of carbonyl (C=O) groups is 2. The molecule has 5 rings (SSSR count). The number of benzene rings is 2. The number of carbonyl (C=O) groups excluding carboxylic acids is 2. The Morgan fingerprint density at radius 2 is 1.71 bits per heavy atom. The largest absolute Gasteiger partial charge is 0.493 e. The van der Waals surface area contributed by atoms with Gasteiger partial charge in [0.15, 0.2) is 23.3 Å². The van der Waals surface area contributed by atoms with Crippen molar-refractivity contribution in [2.24, 2.45) is 7.05 Å². The summed E-state index contributed by atoms with van der Waals surface area (Å²) in [6.07, 6.45) is -6.33. The molecule has 1 amide bonds. The first-order valence-electron chi connectivity index (χ1n) is 13.6. The maximum absolute atomic E-state index is 13.9. The van der Waals surface area contributed by atoms with Gasteiger partial charge < -0.3 is 24.6 Å². The number of halogens is 3. The third-order valence-corrected chi connectivity index (χ3v) is 7.81. The Bertz CT molecular complexity index is 1690. The van der Waals surface area contributed by atoms with Gasteiger partial charge in [-0.1, -0.05) is 48.5 Å². The van der Waals surface area contributed by atoms with Crippen LogP contribution >= 0.6 is 0 Å². The quantitative estimate of drug-likeness (QED) is 0.307. The fourth-order valence-corrected chi connectivity index (χ4v) is 5.66. The van der Waals surface area contributed by atoms with Crippen LogP contribution in [0.2, 0.25) is 0 Å². The van der Waals surface area contributed by atoms with Gasteiger partial charge >= 0.3 is 6.18 Å². The number of aliphatic hydroxyl groups is 1. The van der Waals surface area contributed by atoms with Gasteiger partial charge in [0.1, 0.15) is 5.39 Å².